The molecule has 3 aromatic rings. The minimum atomic E-state index is -1.67. The smallest absolute Gasteiger partial charge is 0.330 e. The molecule has 0 spiro atoms. The Hall–Kier alpha value is -4.53. The van der Waals surface area contributed by atoms with E-state index in [1.807, 2.05) is 84.6 Å². The van der Waals surface area contributed by atoms with Crippen molar-refractivity contribution in [2.24, 2.45) is 5.73 Å². The monoisotopic (exact) mass is 1570 g/mol. The molecule has 0 saturated carbocycles. The van der Waals surface area contributed by atoms with Crippen LogP contribution < -0.4 is 19.9 Å². The van der Waals surface area contributed by atoms with E-state index in [-0.39, 0.29) is 59.2 Å². The molecule has 0 atom stereocenters. The number of hydrogen-bond donors (Lipinski definition) is 4. The topological polar surface area (TPSA) is 292 Å². The van der Waals surface area contributed by atoms with Crippen molar-refractivity contribution in [2.75, 3.05) is 146 Å². The number of ether oxygens (including phenoxy) is 5. The van der Waals surface area contributed by atoms with Crippen LogP contribution in [-0.4, -0.2) is 198 Å². The number of benzene rings is 3. The highest BCUT2D eigenvalue weighted by atomic mass is 36.0. The fourth-order valence-electron chi connectivity index (χ4n) is 6.19. The van der Waals surface area contributed by atoms with Crippen LogP contribution in [0, 0.1) is 0 Å². The molecule has 584 valence electrons. The van der Waals surface area contributed by atoms with Crippen LogP contribution in [0.1, 0.15) is 115 Å². The Kier molecular flexibility index (Phi) is 102. The molecule has 0 amide bonds. The van der Waals surface area contributed by atoms with Gasteiger partial charge in [-0.1, -0.05) is 108 Å². The summed E-state index contributed by atoms with van der Waals surface area (Å²) in [5, 5.41) is 16.6. The van der Waals surface area contributed by atoms with Crippen LogP contribution in [0.3, 0.4) is 0 Å². The van der Waals surface area contributed by atoms with Crippen LogP contribution in [0.25, 0.3) is 18.2 Å². The van der Waals surface area contributed by atoms with Gasteiger partial charge in [-0.3, -0.25) is 0 Å². The van der Waals surface area contributed by atoms with Crippen LogP contribution in [0.2, 0.25) is 12.1 Å². The van der Waals surface area contributed by atoms with Crippen molar-refractivity contribution in [3.63, 3.8) is 0 Å². The summed E-state index contributed by atoms with van der Waals surface area (Å²) in [5.41, 5.74) is 7.17. The van der Waals surface area contributed by atoms with E-state index in [1.165, 1.54) is 117 Å². The lowest BCUT2D eigenvalue weighted by Gasteiger charge is -2.06. The van der Waals surface area contributed by atoms with E-state index < -0.39 is 27.1 Å². The summed E-state index contributed by atoms with van der Waals surface area (Å²) in [7, 11) is 17.9. The predicted molar refractivity (Wildman–Crippen MR) is 418 cm³/mol. The maximum absolute atomic E-state index is 11.7. The SMILES string of the molecule is C=CCOOCCO.C=CCOOCCOC(=O)C=Cc1ccc(OCCCCC)cc1.CCCCCOc1ccc(C=CC(=O)O)cc1.CCCCCOc1ccc(C=CC(=O)OCCOOCCCSCCC[SiH2]OC)cc1.CN.COOC.COOC.CO[SiH2]CCCS.O=S(Cl)Cl. The first-order valence-corrected chi connectivity index (χ1v) is 40.8. The molecule has 0 unspecified atom stereocenters. The summed E-state index contributed by atoms with van der Waals surface area (Å²) in [6.07, 6.45) is 25.7. The van der Waals surface area contributed by atoms with Crippen molar-refractivity contribution in [1.29, 1.82) is 0 Å². The number of thiol groups is 1. The minimum Gasteiger partial charge on any atom is -0.494 e. The van der Waals surface area contributed by atoms with Gasteiger partial charge >= 0.3 is 17.9 Å². The van der Waals surface area contributed by atoms with E-state index in [1.54, 1.807) is 44.6 Å². The summed E-state index contributed by atoms with van der Waals surface area (Å²) in [4.78, 5) is 78.2. The lowest BCUT2D eigenvalue weighted by Crippen LogP contribution is -2.09. The number of nitrogens with two attached hydrogens (primary N) is 1. The Morgan fingerprint density at radius 2 is 0.832 bits per heavy atom. The molecule has 0 saturated heterocycles. The van der Waals surface area contributed by atoms with Crippen molar-refractivity contribution in [2.45, 2.75) is 110 Å². The van der Waals surface area contributed by atoms with Crippen LogP contribution in [0.15, 0.2) is 116 Å². The third kappa shape index (κ3) is 97.5. The van der Waals surface area contributed by atoms with Gasteiger partial charge in [0.2, 0.25) is 9.23 Å². The molecule has 0 radical (unpaired) electrons. The Morgan fingerprint density at radius 1 is 0.495 bits per heavy atom. The molecule has 0 aromatic heterocycles. The van der Waals surface area contributed by atoms with Gasteiger partial charge in [0.15, 0.2) is 19.5 Å². The zero-order chi connectivity index (χ0) is 76.6. The second-order valence-electron chi connectivity index (χ2n) is 19.1. The predicted octanol–water partition coefficient (Wildman–Crippen LogP) is 13.3. The zero-order valence-electron chi connectivity index (χ0n) is 61.4. The van der Waals surface area contributed by atoms with Gasteiger partial charge in [-0.25, -0.2) is 67.5 Å². The molecule has 3 rings (SSSR count). The van der Waals surface area contributed by atoms with Crippen LogP contribution in [-0.2, 0) is 90.8 Å². The number of unbranched alkanes of at least 4 members (excludes halogenated alkanes) is 6. The molecule has 4 N–H and O–H groups in total. The van der Waals surface area contributed by atoms with E-state index in [9.17, 15) is 14.4 Å². The number of carboxylic acid groups (broad SMARTS) is 1. The second-order valence-corrected chi connectivity index (χ2v) is 26.7. The number of thioether (sulfide) groups is 1. The number of aliphatic carboxylic acids is 1. The maximum atomic E-state index is 11.7. The normalized spacial score (nSPS) is 10.4. The van der Waals surface area contributed by atoms with Crippen molar-refractivity contribution in [3.05, 3.63) is 133 Å². The van der Waals surface area contributed by atoms with Gasteiger partial charge < -0.3 is 48.5 Å². The molecule has 101 heavy (non-hydrogen) atoms. The fourth-order valence-corrected chi connectivity index (χ4v) is 9.62. The number of aliphatic hydroxyl groups excluding tert-OH is 1. The molecule has 31 heteroatoms. The van der Waals surface area contributed by atoms with Gasteiger partial charge in [-0.15, -0.1) is 13.2 Å². The minimum absolute atomic E-state index is 0.0167. The molecule has 24 nitrogen and oxygen atoms in total. The van der Waals surface area contributed by atoms with Gasteiger partial charge in [0.1, 0.15) is 63.5 Å². The summed E-state index contributed by atoms with van der Waals surface area (Å²) in [5.74, 6) is 3.98. The van der Waals surface area contributed by atoms with Crippen molar-refractivity contribution in [3.8, 4) is 17.2 Å². The van der Waals surface area contributed by atoms with Crippen molar-refractivity contribution in [1.82, 2.24) is 0 Å². The largest absolute Gasteiger partial charge is 0.494 e. The highest BCUT2D eigenvalue weighted by Gasteiger charge is 2.02. The number of halogens is 2. The number of esters is 2. The summed E-state index contributed by atoms with van der Waals surface area (Å²) >= 11 is 5.99. The lowest BCUT2D eigenvalue weighted by molar-refractivity contribution is -0.297. The number of hydrogen-bond acceptors (Lipinski definition) is 25. The van der Waals surface area contributed by atoms with Gasteiger partial charge in [0.05, 0.1) is 61.5 Å². The maximum Gasteiger partial charge on any atom is 0.330 e. The van der Waals surface area contributed by atoms with E-state index in [4.69, 9.17) is 66.5 Å². The first-order valence-electron chi connectivity index (χ1n) is 33.1. The third-order valence-corrected chi connectivity index (χ3v) is 14.9. The molecule has 0 aliphatic rings. The average molecular weight is 1570 g/mol. The Morgan fingerprint density at radius 3 is 1.16 bits per heavy atom. The molecule has 0 bridgehead atoms. The van der Waals surface area contributed by atoms with E-state index >= 15 is 0 Å². The lowest BCUT2D eigenvalue weighted by atomic mass is 10.2. The highest BCUT2D eigenvalue weighted by molar-refractivity contribution is 8.26. The van der Waals surface area contributed by atoms with Gasteiger partial charge in [0.25, 0.3) is 0 Å². The number of rotatable bonds is 51. The summed E-state index contributed by atoms with van der Waals surface area (Å²) in [6.45, 7) is 17.6. The first-order chi connectivity index (χ1) is 49.1. The Bertz CT molecular complexity index is 2310. The fraction of sp³-hybridized carbons (Fsp3) is 0.557. The molecule has 0 heterocycles. The number of carboxylic acids is 1. The van der Waals surface area contributed by atoms with Gasteiger partial charge in [-0.2, -0.15) is 24.4 Å². The number of carbonyl (C=O) groups is 3. The molecule has 0 aliphatic heterocycles. The third-order valence-electron chi connectivity index (χ3n) is 11.0. The van der Waals surface area contributed by atoms with E-state index in [0.717, 1.165) is 97.0 Å². The Labute approximate surface area is 629 Å². The number of carbonyl (C=O) groups excluding carboxylic acids is 2. The number of aliphatic hydroxyl groups is 1. The van der Waals surface area contributed by atoms with Crippen LogP contribution in [0.5, 0.6) is 17.2 Å². The van der Waals surface area contributed by atoms with Gasteiger partial charge in [0, 0.05) is 53.8 Å². The van der Waals surface area contributed by atoms with Crippen molar-refractivity contribution < 1.29 is 110 Å². The van der Waals surface area contributed by atoms with Crippen LogP contribution in [0.4, 0.5) is 0 Å². The molecule has 3 aromatic carbocycles. The molecule has 0 fully saturated rings. The molecule has 0 aliphatic carbocycles. The first kappa shape index (κ1) is 107. The van der Waals surface area contributed by atoms with E-state index in [2.05, 4.69) is 103 Å². The van der Waals surface area contributed by atoms with Gasteiger partial charge in [-0.05, 0) is 146 Å². The summed E-state index contributed by atoms with van der Waals surface area (Å²) in [6, 6.07) is 25.1. The highest BCUT2D eigenvalue weighted by Crippen LogP contribution is 2.17. The Balaban J connectivity index is -0.000000285. The quantitative estimate of drug-likeness (QED) is 0.00470. The van der Waals surface area contributed by atoms with Crippen molar-refractivity contribution >= 4 is 111 Å². The molecular weight excluding hydrogens is 1450 g/mol. The molecular formula is C70H121Cl2NO23S3Si2. The van der Waals surface area contributed by atoms with E-state index in [0.29, 0.717) is 19.8 Å². The second kappa shape index (κ2) is 95.5. The van der Waals surface area contributed by atoms with Crippen LogP contribution >= 0.6 is 45.8 Å². The average Bonchev–Trinajstić information content (AvgIpc) is 0.946. The zero-order valence-corrected chi connectivity index (χ0v) is 68.3. The summed E-state index contributed by atoms with van der Waals surface area (Å²) < 4.78 is 46.1. The standard InChI is InChI=1S/C23H38O6SSi.C19H26O5.C14H18O3.C5H10O3.C4H12OSSi.2C2H6O2.CH5N.Cl2OS/c1-3-4-5-14-26-22-11-8-21(9-12-22)10-13-23(24)27-16-17-29-28-15-6-18-30-19-7-20-31-25-2;1-3-5-6-14-21-18-10-7-17(8-11-18)9-12-19(20)22-15-16-24-23-13-4-2;1-2-3-4-11-17-13-8-5-12(6-9-13)7-10-14(15)16;1-2-4-7-8-5-3-6;1-5-7-4-2-3-6;2*1-3-4-2;1-2;1-4(2)3/h8-13H,3-7,14-20,31H2,1-2H3;4,7-12H,2-3,5-6,13-16H2,1H3;5-10H,2-4,11H2,1H3,(H,15,16);2,6H,1,3-5H2;6H,2-4,7H2,1H3;2*1-2H3;2H2,1H3;.